The van der Waals surface area contributed by atoms with Crippen LogP contribution in [0.15, 0.2) is 66.7 Å². The Morgan fingerprint density at radius 1 is 1.13 bits per heavy atom. The SMILES string of the molecule is O=C(COc1ccc(-c2nc3ccccc3s2)cc1)Nc1ccc(Cl)c([N+](=O)[O-])c1. The van der Waals surface area contributed by atoms with Crippen molar-refractivity contribution in [2.75, 3.05) is 11.9 Å². The van der Waals surface area contributed by atoms with Gasteiger partial charge in [0.1, 0.15) is 15.8 Å². The van der Waals surface area contributed by atoms with Crippen LogP contribution in [0.2, 0.25) is 5.02 Å². The van der Waals surface area contributed by atoms with Crippen molar-refractivity contribution < 1.29 is 14.5 Å². The molecule has 0 saturated heterocycles. The molecule has 4 aromatic rings. The van der Waals surface area contributed by atoms with Crippen LogP contribution in [-0.4, -0.2) is 22.4 Å². The Bertz CT molecular complexity index is 1210. The number of hydrogen-bond donors (Lipinski definition) is 1. The van der Waals surface area contributed by atoms with E-state index < -0.39 is 10.8 Å². The van der Waals surface area contributed by atoms with Crippen LogP contribution in [0, 0.1) is 10.1 Å². The lowest BCUT2D eigenvalue weighted by atomic mass is 10.2. The molecule has 0 aliphatic carbocycles. The third kappa shape index (κ3) is 4.40. The van der Waals surface area contributed by atoms with Gasteiger partial charge in [-0.3, -0.25) is 14.9 Å². The number of amides is 1. The summed E-state index contributed by atoms with van der Waals surface area (Å²) in [5, 5.41) is 14.4. The van der Waals surface area contributed by atoms with Gasteiger partial charge < -0.3 is 10.1 Å². The molecule has 0 spiro atoms. The molecule has 0 radical (unpaired) electrons. The van der Waals surface area contributed by atoms with Gasteiger partial charge >= 0.3 is 0 Å². The number of nitrogens with one attached hydrogen (secondary N) is 1. The first-order valence-electron chi connectivity index (χ1n) is 8.82. The van der Waals surface area contributed by atoms with Crippen molar-refractivity contribution in [1.82, 2.24) is 4.98 Å². The highest BCUT2D eigenvalue weighted by molar-refractivity contribution is 7.21. The number of para-hydroxylation sites is 1. The minimum atomic E-state index is -0.610. The molecule has 0 atom stereocenters. The van der Waals surface area contributed by atoms with Crippen molar-refractivity contribution in [2.24, 2.45) is 0 Å². The quantitative estimate of drug-likeness (QED) is 0.314. The number of thiazole rings is 1. The molecule has 1 amide bonds. The third-order valence-electron chi connectivity index (χ3n) is 4.19. The topological polar surface area (TPSA) is 94.4 Å². The summed E-state index contributed by atoms with van der Waals surface area (Å²) in [6.45, 7) is -0.239. The molecular weight excluding hydrogens is 426 g/mol. The number of nitrogens with zero attached hydrogens (tertiary/aromatic N) is 2. The summed E-state index contributed by atoms with van der Waals surface area (Å²) in [4.78, 5) is 27.0. The van der Waals surface area contributed by atoms with Gasteiger partial charge in [-0.25, -0.2) is 4.98 Å². The van der Waals surface area contributed by atoms with Crippen LogP contribution >= 0.6 is 22.9 Å². The lowest BCUT2D eigenvalue weighted by Crippen LogP contribution is -2.20. The Morgan fingerprint density at radius 3 is 2.63 bits per heavy atom. The molecule has 4 rings (SSSR count). The van der Waals surface area contributed by atoms with Gasteiger partial charge in [0.15, 0.2) is 6.61 Å². The fourth-order valence-electron chi connectivity index (χ4n) is 2.77. The van der Waals surface area contributed by atoms with Crippen molar-refractivity contribution in [3.8, 4) is 16.3 Å². The van der Waals surface area contributed by atoms with Crippen LogP contribution in [0.25, 0.3) is 20.8 Å². The van der Waals surface area contributed by atoms with Crippen molar-refractivity contribution in [1.29, 1.82) is 0 Å². The molecular formula is C21H14ClN3O4S. The van der Waals surface area contributed by atoms with Crippen LogP contribution in [-0.2, 0) is 4.79 Å². The number of carbonyl (C=O) groups excluding carboxylic acids is 1. The molecule has 3 aromatic carbocycles. The van der Waals surface area contributed by atoms with Crippen molar-refractivity contribution in [2.45, 2.75) is 0 Å². The zero-order valence-corrected chi connectivity index (χ0v) is 16.9. The third-order valence-corrected chi connectivity index (χ3v) is 5.60. The maximum absolute atomic E-state index is 12.1. The number of halogens is 1. The highest BCUT2D eigenvalue weighted by atomic mass is 35.5. The van der Waals surface area contributed by atoms with E-state index in [0.717, 1.165) is 20.8 Å². The van der Waals surface area contributed by atoms with Crippen molar-refractivity contribution in [3.05, 3.63) is 81.9 Å². The molecule has 0 aliphatic heterocycles. The monoisotopic (exact) mass is 439 g/mol. The van der Waals surface area contributed by atoms with Gasteiger partial charge in [0.25, 0.3) is 11.6 Å². The highest BCUT2D eigenvalue weighted by Crippen LogP contribution is 2.31. The van der Waals surface area contributed by atoms with Crippen molar-refractivity contribution >= 4 is 50.4 Å². The lowest BCUT2D eigenvalue weighted by molar-refractivity contribution is -0.384. The summed E-state index contributed by atoms with van der Waals surface area (Å²) in [5.74, 6) is 0.0824. The van der Waals surface area contributed by atoms with Crippen LogP contribution < -0.4 is 10.1 Å². The number of ether oxygens (including phenoxy) is 1. The first-order chi connectivity index (χ1) is 14.5. The first-order valence-corrected chi connectivity index (χ1v) is 10.0. The molecule has 0 unspecified atom stereocenters. The Hall–Kier alpha value is -3.49. The van der Waals surface area contributed by atoms with E-state index in [-0.39, 0.29) is 23.0 Å². The molecule has 0 saturated carbocycles. The standard InChI is InChI=1S/C21H14ClN3O4S/c22-16-10-7-14(11-18(16)25(27)28)23-20(26)12-29-15-8-5-13(6-9-15)21-24-17-3-1-2-4-19(17)30-21/h1-11H,12H2,(H,23,26). The number of carbonyl (C=O) groups is 1. The molecule has 150 valence electrons. The summed E-state index contributed by atoms with van der Waals surface area (Å²) >= 11 is 7.37. The Morgan fingerprint density at radius 2 is 1.90 bits per heavy atom. The molecule has 1 aromatic heterocycles. The van der Waals surface area contributed by atoms with E-state index in [2.05, 4.69) is 10.3 Å². The molecule has 0 bridgehead atoms. The van der Waals surface area contributed by atoms with E-state index in [4.69, 9.17) is 16.3 Å². The van der Waals surface area contributed by atoms with Crippen LogP contribution in [0.1, 0.15) is 0 Å². The largest absolute Gasteiger partial charge is 0.484 e. The molecule has 30 heavy (non-hydrogen) atoms. The van der Waals surface area contributed by atoms with E-state index >= 15 is 0 Å². The van der Waals surface area contributed by atoms with Gasteiger partial charge in [-0.15, -0.1) is 11.3 Å². The summed E-state index contributed by atoms with van der Waals surface area (Å²) in [5.41, 5.74) is 1.91. The highest BCUT2D eigenvalue weighted by Gasteiger charge is 2.14. The maximum Gasteiger partial charge on any atom is 0.289 e. The van der Waals surface area contributed by atoms with Gasteiger partial charge in [0, 0.05) is 17.3 Å². The Balaban J connectivity index is 1.37. The summed E-state index contributed by atoms with van der Waals surface area (Å²) in [6.07, 6.45) is 0. The molecule has 1 heterocycles. The number of anilines is 1. The molecule has 7 nitrogen and oxygen atoms in total. The fourth-order valence-corrected chi connectivity index (χ4v) is 3.92. The maximum atomic E-state index is 12.1. The van der Waals surface area contributed by atoms with E-state index in [1.807, 2.05) is 36.4 Å². The normalized spacial score (nSPS) is 10.7. The summed E-state index contributed by atoms with van der Waals surface area (Å²) < 4.78 is 6.62. The second-order valence-electron chi connectivity index (χ2n) is 6.27. The van der Waals surface area contributed by atoms with Gasteiger partial charge in [-0.2, -0.15) is 0 Å². The molecule has 1 N–H and O–H groups in total. The number of aromatic nitrogens is 1. The summed E-state index contributed by atoms with van der Waals surface area (Å²) in [7, 11) is 0. The van der Waals surface area contributed by atoms with E-state index in [1.165, 1.54) is 18.2 Å². The number of rotatable bonds is 6. The molecule has 0 aliphatic rings. The second kappa shape index (κ2) is 8.48. The predicted molar refractivity (Wildman–Crippen MR) is 117 cm³/mol. The lowest BCUT2D eigenvalue weighted by Gasteiger charge is -2.08. The Labute approximate surface area is 180 Å². The summed E-state index contributed by atoms with van der Waals surface area (Å²) in [6, 6.07) is 19.3. The number of nitro benzene ring substituents is 1. The zero-order valence-electron chi connectivity index (χ0n) is 15.4. The predicted octanol–water partition coefficient (Wildman–Crippen LogP) is 5.54. The number of fused-ring (bicyclic) bond motifs is 1. The minimum Gasteiger partial charge on any atom is -0.484 e. The van der Waals surface area contributed by atoms with Gasteiger partial charge in [0.05, 0.1) is 15.1 Å². The second-order valence-corrected chi connectivity index (χ2v) is 7.71. The number of nitro groups is 1. The smallest absolute Gasteiger partial charge is 0.289 e. The van der Waals surface area contributed by atoms with E-state index in [9.17, 15) is 14.9 Å². The van der Waals surface area contributed by atoms with Crippen molar-refractivity contribution in [3.63, 3.8) is 0 Å². The van der Waals surface area contributed by atoms with Gasteiger partial charge in [-0.1, -0.05) is 23.7 Å². The zero-order chi connectivity index (χ0) is 21.1. The van der Waals surface area contributed by atoms with Crippen LogP contribution in [0.4, 0.5) is 11.4 Å². The average molecular weight is 440 g/mol. The fraction of sp³-hybridized carbons (Fsp3) is 0.0476. The van der Waals surface area contributed by atoms with E-state index in [1.54, 1.807) is 23.5 Å². The van der Waals surface area contributed by atoms with Gasteiger partial charge in [-0.05, 0) is 48.5 Å². The molecule has 0 fully saturated rings. The first kappa shape index (κ1) is 19.8. The Kier molecular flexibility index (Phi) is 5.60. The van der Waals surface area contributed by atoms with Crippen LogP contribution in [0.5, 0.6) is 5.75 Å². The number of hydrogen-bond acceptors (Lipinski definition) is 6. The average Bonchev–Trinajstić information content (AvgIpc) is 3.18. The van der Waals surface area contributed by atoms with Gasteiger partial charge in [0.2, 0.25) is 0 Å². The van der Waals surface area contributed by atoms with Crippen LogP contribution in [0.3, 0.4) is 0 Å². The molecule has 9 heteroatoms. The number of benzene rings is 3. The minimum absolute atomic E-state index is 0.00228. The van der Waals surface area contributed by atoms with E-state index in [0.29, 0.717) is 5.75 Å².